The summed E-state index contributed by atoms with van der Waals surface area (Å²) in [5.74, 6) is -0.402. The number of amides is 2. The van der Waals surface area contributed by atoms with Gasteiger partial charge in [0.1, 0.15) is 6.04 Å². The van der Waals surface area contributed by atoms with Crippen molar-refractivity contribution in [3.63, 3.8) is 0 Å². The lowest BCUT2D eigenvalue weighted by atomic mass is 10.1. The van der Waals surface area contributed by atoms with Crippen LogP contribution in [0.1, 0.15) is 51.2 Å². The molecule has 192 valence electrons. The van der Waals surface area contributed by atoms with Crippen molar-refractivity contribution >= 4 is 43.5 Å². The molecule has 0 heterocycles. The van der Waals surface area contributed by atoms with Gasteiger partial charge in [-0.2, -0.15) is 0 Å². The molecular formula is C26H36BrN3O4S. The van der Waals surface area contributed by atoms with E-state index >= 15 is 0 Å². The molecular weight excluding hydrogens is 530 g/mol. The van der Waals surface area contributed by atoms with Crippen LogP contribution in [-0.4, -0.2) is 50.0 Å². The third-order valence-corrected chi connectivity index (χ3v) is 7.68. The van der Waals surface area contributed by atoms with Gasteiger partial charge in [0, 0.05) is 30.0 Å². The molecule has 0 saturated heterocycles. The number of nitrogens with one attached hydrogen (secondary N) is 1. The highest BCUT2D eigenvalue weighted by molar-refractivity contribution is 9.10. The van der Waals surface area contributed by atoms with Gasteiger partial charge in [0.05, 0.1) is 11.9 Å². The van der Waals surface area contributed by atoms with E-state index in [0.717, 1.165) is 22.0 Å². The highest BCUT2D eigenvalue weighted by Crippen LogP contribution is 2.23. The zero-order valence-corrected chi connectivity index (χ0v) is 23.5. The molecule has 2 amide bonds. The molecule has 0 aliphatic rings. The van der Waals surface area contributed by atoms with Gasteiger partial charge >= 0.3 is 0 Å². The van der Waals surface area contributed by atoms with E-state index in [9.17, 15) is 18.0 Å². The van der Waals surface area contributed by atoms with E-state index in [1.165, 1.54) is 10.6 Å². The maximum absolute atomic E-state index is 13.3. The summed E-state index contributed by atoms with van der Waals surface area (Å²) in [7, 11) is -3.52. The predicted octanol–water partition coefficient (Wildman–Crippen LogP) is 4.64. The molecule has 0 radical (unpaired) electrons. The Balaban J connectivity index is 2.17. The smallest absolute Gasteiger partial charge is 0.242 e. The summed E-state index contributed by atoms with van der Waals surface area (Å²) in [6.45, 7) is 7.96. The fourth-order valence-corrected chi connectivity index (χ4v) is 4.95. The van der Waals surface area contributed by atoms with Crippen LogP contribution in [0.2, 0.25) is 0 Å². The fraction of sp³-hybridized carbons (Fsp3) is 0.462. The first kappa shape index (κ1) is 28.8. The molecule has 0 aromatic heterocycles. The SMILES string of the molecule is CCC(C)NC(=O)C(C)N(Cc1ccc(Br)cc1)C(=O)CCCN(c1ccccc1C)S(C)(=O)=O. The van der Waals surface area contributed by atoms with Crippen molar-refractivity contribution in [1.82, 2.24) is 10.2 Å². The Kier molecular flexibility index (Phi) is 10.8. The molecule has 0 fully saturated rings. The lowest BCUT2D eigenvalue weighted by Gasteiger charge is -2.30. The van der Waals surface area contributed by atoms with E-state index in [2.05, 4.69) is 21.2 Å². The second kappa shape index (κ2) is 13.1. The summed E-state index contributed by atoms with van der Waals surface area (Å²) in [5.41, 5.74) is 2.36. The van der Waals surface area contributed by atoms with Crippen LogP contribution in [0, 0.1) is 6.92 Å². The number of carbonyl (C=O) groups excluding carboxylic acids is 2. The number of anilines is 1. The minimum absolute atomic E-state index is 0.00649. The average molecular weight is 567 g/mol. The quantitative estimate of drug-likeness (QED) is 0.406. The number of sulfonamides is 1. The highest BCUT2D eigenvalue weighted by Gasteiger charge is 2.27. The van der Waals surface area contributed by atoms with Crippen molar-refractivity contribution < 1.29 is 18.0 Å². The lowest BCUT2D eigenvalue weighted by Crippen LogP contribution is -2.49. The van der Waals surface area contributed by atoms with Crippen molar-refractivity contribution in [2.75, 3.05) is 17.1 Å². The van der Waals surface area contributed by atoms with Crippen LogP contribution >= 0.6 is 15.9 Å². The number of carbonyl (C=O) groups is 2. The number of nitrogens with zero attached hydrogens (tertiary/aromatic N) is 2. The third kappa shape index (κ3) is 8.65. The van der Waals surface area contributed by atoms with Crippen molar-refractivity contribution in [3.8, 4) is 0 Å². The molecule has 35 heavy (non-hydrogen) atoms. The Morgan fingerprint density at radius 3 is 2.26 bits per heavy atom. The second-order valence-corrected chi connectivity index (χ2v) is 11.7. The number of aryl methyl sites for hydroxylation is 1. The Morgan fingerprint density at radius 1 is 1.06 bits per heavy atom. The van der Waals surface area contributed by atoms with E-state index in [1.807, 2.05) is 57.2 Å². The van der Waals surface area contributed by atoms with Gasteiger partial charge in [0.2, 0.25) is 21.8 Å². The molecule has 2 atom stereocenters. The molecule has 1 N–H and O–H groups in total. The van der Waals surface area contributed by atoms with Crippen LogP contribution < -0.4 is 9.62 Å². The minimum Gasteiger partial charge on any atom is -0.352 e. The number of hydrogen-bond donors (Lipinski definition) is 1. The molecule has 2 aromatic carbocycles. The summed E-state index contributed by atoms with van der Waals surface area (Å²) in [4.78, 5) is 27.7. The molecule has 2 unspecified atom stereocenters. The van der Waals surface area contributed by atoms with E-state index in [1.54, 1.807) is 24.0 Å². The Labute approximate surface area is 218 Å². The maximum atomic E-state index is 13.3. The molecule has 9 heteroatoms. The third-order valence-electron chi connectivity index (χ3n) is 5.97. The largest absolute Gasteiger partial charge is 0.352 e. The minimum atomic E-state index is -3.52. The average Bonchev–Trinajstić information content (AvgIpc) is 2.80. The van der Waals surface area contributed by atoms with Crippen LogP contribution in [0.15, 0.2) is 53.0 Å². The van der Waals surface area contributed by atoms with Crippen LogP contribution in [0.4, 0.5) is 5.69 Å². The summed E-state index contributed by atoms with van der Waals surface area (Å²) < 4.78 is 27.2. The van der Waals surface area contributed by atoms with Crippen LogP contribution in [0.25, 0.3) is 0 Å². The molecule has 7 nitrogen and oxygen atoms in total. The van der Waals surface area contributed by atoms with Gasteiger partial charge in [0.15, 0.2) is 0 Å². The van der Waals surface area contributed by atoms with Crippen molar-refractivity contribution in [2.45, 2.75) is 65.6 Å². The Morgan fingerprint density at radius 2 is 1.69 bits per heavy atom. The predicted molar refractivity (Wildman–Crippen MR) is 145 cm³/mol. The fourth-order valence-electron chi connectivity index (χ4n) is 3.66. The number of halogens is 1. The molecule has 2 aromatic rings. The first-order valence-corrected chi connectivity index (χ1v) is 14.5. The van der Waals surface area contributed by atoms with E-state index in [4.69, 9.17) is 0 Å². The van der Waals surface area contributed by atoms with Gasteiger partial charge in [-0.05, 0) is 62.9 Å². The van der Waals surface area contributed by atoms with Gasteiger partial charge in [-0.3, -0.25) is 13.9 Å². The summed E-state index contributed by atoms with van der Waals surface area (Å²) in [6.07, 6.45) is 2.41. The van der Waals surface area contributed by atoms with Gasteiger partial charge < -0.3 is 10.2 Å². The normalized spacial score (nSPS) is 13.1. The molecule has 0 aliphatic heterocycles. The van der Waals surface area contributed by atoms with Crippen LogP contribution in [-0.2, 0) is 26.2 Å². The van der Waals surface area contributed by atoms with Crippen molar-refractivity contribution in [2.24, 2.45) is 0 Å². The molecule has 0 spiro atoms. The van der Waals surface area contributed by atoms with Crippen molar-refractivity contribution in [3.05, 3.63) is 64.1 Å². The van der Waals surface area contributed by atoms with Crippen molar-refractivity contribution in [1.29, 1.82) is 0 Å². The van der Waals surface area contributed by atoms with E-state index < -0.39 is 16.1 Å². The zero-order chi connectivity index (χ0) is 26.2. The van der Waals surface area contributed by atoms with E-state index in [0.29, 0.717) is 12.1 Å². The number of hydrogen-bond acceptors (Lipinski definition) is 4. The first-order chi connectivity index (χ1) is 16.4. The number of benzene rings is 2. The molecule has 2 rings (SSSR count). The monoisotopic (exact) mass is 565 g/mol. The number of para-hydroxylation sites is 1. The van der Waals surface area contributed by atoms with Gasteiger partial charge in [-0.25, -0.2) is 8.42 Å². The van der Waals surface area contributed by atoms with E-state index in [-0.39, 0.29) is 37.4 Å². The maximum Gasteiger partial charge on any atom is 0.242 e. The summed E-state index contributed by atoms with van der Waals surface area (Å²) >= 11 is 3.42. The van der Waals surface area contributed by atoms with Gasteiger partial charge in [-0.15, -0.1) is 0 Å². The standard InChI is InChI=1S/C26H36BrN3O4S/c1-6-20(3)28-26(32)21(4)29(18-22-13-15-23(27)16-14-22)25(31)12-9-17-30(35(5,33)34)24-11-8-7-10-19(24)2/h7-8,10-11,13-16,20-21H,6,9,12,17-18H2,1-5H3,(H,28,32). The Bertz CT molecular complexity index is 1110. The topological polar surface area (TPSA) is 86.8 Å². The molecule has 0 aliphatic carbocycles. The second-order valence-electron chi connectivity index (χ2n) is 8.87. The highest BCUT2D eigenvalue weighted by atomic mass is 79.9. The number of rotatable bonds is 12. The molecule has 0 bridgehead atoms. The molecule has 0 saturated carbocycles. The van der Waals surface area contributed by atoms with Crippen LogP contribution in [0.5, 0.6) is 0 Å². The van der Waals surface area contributed by atoms with Gasteiger partial charge in [0.25, 0.3) is 0 Å². The Hall–Kier alpha value is -2.39. The van der Waals surface area contributed by atoms with Crippen LogP contribution in [0.3, 0.4) is 0 Å². The first-order valence-electron chi connectivity index (χ1n) is 11.8. The summed E-state index contributed by atoms with van der Waals surface area (Å²) in [6, 6.07) is 14.2. The van der Waals surface area contributed by atoms with Gasteiger partial charge in [-0.1, -0.05) is 53.2 Å². The summed E-state index contributed by atoms with van der Waals surface area (Å²) in [5, 5.41) is 2.95. The zero-order valence-electron chi connectivity index (χ0n) is 21.1. The lowest BCUT2D eigenvalue weighted by molar-refractivity contribution is -0.140.